The largest absolute Gasteiger partial charge is 0.433 e. The van der Waals surface area contributed by atoms with Gasteiger partial charge < -0.3 is 9.88 Å². The van der Waals surface area contributed by atoms with Crippen molar-refractivity contribution in [3.63, 3.8) is 0 Å². The van der Waals surface area contributed by atoms with E-state index in [0.29, 0.717) is 12.1 Å². The van der Waals surface area contributed by atoms with E-state index in [0.717, 1.165) is 17.2 Å². The van der Waals surface area contributed by atoms with Crippen molar-refractivity contribution in [2.24, 2.45) is 0 Å². The van der Waals surface area contributed by atoms with E-state index in [4.69, 9.17) is 0 Å². The first kappa shape index (κ1) is 22.9. The van der Waals surface area contributed by atoms with Gasteiger partial charge in [0.05, 0.1) is 23.1 Å². The van der Waals surface area contributed by atoms with E-state index in [1.165, 1.54) is 53.6 Å². The lowest BCUT2D eigenvalue weighted by atomic mass is 10.2. The summed E-state index contributed by atoms with van der Waals surface area (Å²) in [5.74, 6) is -0.366. The van der Waals surface area contributed by atoms with Crippen LogP contribution in [-0.4, -0.2) is 30.2 Å². The van der Waals surface area contributed by atoms with Crippen molar-refractivity contribution in [1.29, 1.82) is 0 Å². The fraction of sp³-hybridized carbons (Fsp3) is 0.174. The second kappa shape index (κ2) is 9.30. The highest BCUT2D eigenvalue weighted by molar-refractivity contribution is 6.03. The maximum Gasteiger partial charge on any atom is 0.433 e. The van der Waals surface area contributed by atoms with Crippen molar-refractivity contribution in [2.75, 3.05) is 5.32 Å². The van der Waals surface area contributed by atoms with Crippen molar-refractivity contribution in [3.8, 4) is 16.9 Å². The zero-order chi connectivity index (χ0) is 24.3. The standard InChI is InChI=1S/C23H19F3N6O2/c1-2-10-31-14-16(5-8-21(31)33)22(34)29-20-7-6-17(13-28-20)32-19(23(24,25)26)11-18(30-32)15-4-3-9-27-12-15/h3-9,11-14H,2,10H2,1H3,(H,28,29,34). The molecule has 8 nitrogen and oxygen atoms in total. The summed E-state index contributed by atoms with van der Waals surface area (Å²) in [7, 11) is 0. The molecule has 0 fully saturated rings. The zero-order valence-corrected chi connectivity index (χ0v) is 18.0. The zero-order valence-electron chi connectivity index (χ0n) is 18.0. The number of amides is 1. The molecule has 0 radical (unpaired) electrons. The minimum absolute atomic E-state index is 0.0666. The summed E-state index contributed by atoms with van der Waals surface area (Å²) < 4.78 is 43.1. The van der Waals surface area contributed by atoms with E-state index in [9.17, 15) is 22.8 Å². The molecule has 4 heterocycles. The fourth-order valence-electron chi connectivity index (χ4n) is 3.29. The molecule has 4 rings (SSSR count). The van der Waals surface area contributed by atoms with Crippen LogP contribution in [0.2, 0.25) is 0 Å². The molecule has 4 aromatic heterocycles. The molecular weight excluding hydrogens is 449 g/mol. The quantitative estimate of drug-likeness (QED) is 0.458. The van der Waals surface area contributed by atoms with Gasteiger partial charge >= 0.3 is 6.18 Å². The first-order valence-electron chi connectivity index (χ1n) is 10.3. The Morgan fingerprint density at radius 1 is 1.12 bits per heavy atom. The maximum absolute atomic E-state index is 13.6. The predicted octanol–water partition coefficient (Wildman–Crippen LogP) is 4.17. The molecule has 0 aliphatic heterocycles. The number of aryl methyl sites for hydroxylation is 1. The highest BCUT2D eigenvalue weighted by atomic mass is 19.4. The fourth-order valence-corrected chi connectivity index (χ4v) is 3.29. The third-order valence-electron chi connectivity index (χ3n) is 4.90. The van der Waals surface area contributed by atoms with Crippen molar-refractivity contribution in [1.82, 2.24) is 24.3 Å². The topological polar surface area (TPSA) is 94.7 Å². The number of hydrogen-bond acceptors (Lipinski definition) is 5. The van der Waals surface area contributed by atoms with Gasteiger partial charge in [0.1, 0.15) is 11.5 Å². The van der Waals surface area contributed by atoms with Gasteiger partial charge in [-0.05, 0) is 42.8 Å². The number of carbonyl (C=O) groups is 1. The first-order valence-corrected chi connectivity index (χ1v) is 10.3. The molecule has 1 amide bonds. The van der Waals surface area contributed by atoms with Gasteiger partial charge in [-0.25, -0.2) is 9.67 Å². The minimum atomic E-state index is -4.65. The molecule has 0 unspecified atom stereocenters. The molecule has 0 aliphatic carbocycles. The monoisotopic (exact) mass is 468 g/mol. The SMILES string of the molecule is CCCn1cc(C(=O)Nc2ccc(-n3nc(-c4cccnc4)cc3C(F)(F)F)cn2)ccc1=O. The number of carbonyl (C=O) groups excluding carboxylic acids is 1. The molecule has 0 aliphatic rings. The molecule has 0 atom stereocenters. The molecule has 4 aromatic rings. The summed E-state index contributed by atoms with van der Waals surface area (Å²) in [6, 6.07) is 9.61. The van der Waals surface area contributed by atoms with E-state index >= 15 is 0 Å². The van der Waals surface area contributed by atoms with Crippen LogP contribution in [0.15, 0.2) is 72.0 Å². The van der Waals surface area contributed by atoms with Crippen molar-refractivity contribution >= 4 is 11.7 Å². The molecule has 0 bridgehead atoms. The average Bonchev–Trinajstić information content (AvgIpc) is 3.28. The van der Waals surface area contributed by atoms with Crippen molar-refractivity contribution in [3.05, 3.63) is 88.9 Å². The molecular formula is C23H19F3N6O2. The van der Waals surface area contributed by atoms with Crippen LogP contribution in [0.3, 0.4) is 0 Å². The van der Waals surface area contributed by atoms with E-state index < -0.39 is 17.8 Å². The van der Waals surface area contributed by atoms with Crippen LogP contribution >= 0.6 is 0 Å². The highest BCUT2D eigenvalue weighted by Crippen LogP contribution is 2.33. The van der Waals surface area contributed by atoms with Crippen LogP contribution in [0.4, 0.5) is 19.0 Å². The number of anilines is 1. The lowest BCUT2D eigenvalue weighted by Gasteiger charge is -2.11. The number of aromatic nitrogens is 5. The molecule has 0 saturated heterocycles. The van der Waals surface area contributed by atoms with Gasteiger partial charge in [0.15, 0.2) is 0 Å². The van der Waals surface area contributed by atoms with Crippen LogP contribution in [-0.2, 0) is 12.7 Å². The van der Waals surface area contributed by atoms with Crippen LogP contribution in [0.25, 0.3) is 16.9 Å². The smallest absolute Gasteiger partial charge is 0.315 e. The number of hydrogen-bond donors (Lipinski definition) is 1. The summed E-state index contributed by atoms with van der Waals surface area (Å²) in [6.45, 7) is 2.38. The number of rotatable bonds is 6. The molecule has 34 heavy (non-hydrogen) atoms. The molecule has 0 aromatic carbocycles. The first-order chi connectivity index (χ1) is 16.3. The van der Waals surface area contributed by atoms with Crippen molar-refractivity contribution in [2.45, 2.75) is 26.1 Å². The Hall–Kier alpha value is -4.28. The maximum atomic E-state index is 13.6. The third-order valence-corrected chi connectivity index (χ3v) is 4.90. The summed E-state index contributed by atoms with van der Waals surface area (Å²) in [4.78, 5) is 32.4. The number of halogens is 3. The Morgan fingerprint density at radius 3 is 2.59 bits per heavy atom. The number of alkyl halides is 3. The predicted molar refractivity (Wildman–Crippen MR) is 119 cm³/mol. The average molecular weight is 468 g/mol. The second-order valence-corrected chi connectivity index (χ2v) is 7.37. The molecule has 11 heteroatoms. The number of nitrogens with zero attached hydrogens (tertiary/aromatic N) is 5. The van der Waals surface area contributed by atoms with Crippen LogP contribution in [0.1, 0.15) is 29.4 Å². The number of nitrogens with one attached hydrogen (secondary N) is 1. The lowest BCUT2D eigenvalue weighted by Crippen LogP contribution is -2.22. The molecule has 174 valence electrons. The Morgan fingerprint density at radius 2 is 1.94 bits per heavy atom. The molecule has 1 N–H and O–H groups in total. The Balaban J connectivity index is 1.59. The van der Waals surface area contributed by atoms with Crippen molar-refractivity contribution < 1.29 is 18.0 Å². The summed E-state index contributed by atoms with van der Waals surface area (Å²) in [6.07, 6.45) is 1.65. The Kier molecular flexibility index (Phi) is 6.26. The van der Waals surface area contributed by atoms with Crippen LogP contribution in [0, 0.1) is 0 Å². The summed E-state index contributed by atoms with van der Waals surface area (Å²) in [5.41, 5.74) is -0.314. The van der Waals surface area contributed by atoms with Gasteiger partial charge in [0, 0.05) is 36.8 Å². The Labute approximate surface area is 191 Å². The minimum Gasteiger partial charge on any atom is -0.315 e. The highest BCUT2D eigenvalue weighted by Gasteiger charge is 2.36. The van der Waals surface area contributed by atoms with Gasteiger partial charge in [-0.3, -0.25) is 14.6 Å². The van der Waals surface area contributed by atoms with Gasteiger partial charge in [-0.2, -0.15) is 18.3 Å². The van der Waals surface area contributed by atoms with E-state index in [1.807, 2.05) is 6.92 Å². The number of pyridine rings is 3. The van der Waals surface area contributed by atoms with Gasteiger partial charge in [0.2, 0.25) is 0 Å². The van der Waals surface area contributed by atoms with Crippen LogP contribution < -0.4 is 10.9 Å². The van der Waals surface area contributed by atoms with Gasteiger partial charge in [0.25, 0.3) is 11.5 Å². The normalized spacial score (nSPS) is 11.4. The third kappa shape index (κ3) is 4.87. The molecule has 0 saturated carbocycles. The second-order valence-electron chi connectivity index (χ2n) is 7.37. The lowest BCUT2D eigenvalue weighted by molar-refractivity contribution is -0.142. The summed E-state index contributed by atoms with van der Waals surface area (Å²) in [5, 5.41) is 6.66. The van der Waals surface area contributed by atoms with Crippen LogP contribution in [0.5, 0.6) is 0 Å². The van der Waals surface area contributed by atoms with Gasteiger partial charge in [-0.1, -0.05) is 6.92 Å². The summed E-state index contributed by atoms with van der Waals surface area (Å²) >= 11 is 0. The van der Waals surface area contributed by atoms with E-state index in [-0.39, 0.29) is 28.3 Å². The van der Waals surface area contributed by atoms with E-state index in [2.05, 4.69) is 20.4 Å². The van der Waals surface area contributed by atoms with E-state index in [1.54, 1.807) is 12.1 Å². The Bertz CT molecular complexity index is 1360. The van der Waals surface area contributed by atoms with Gasteiger partial charge in [-0.15, -0.1) is 0 Å². The molecule has 0 spiro atoms.